The smallest absolute Gasteiger partial charge is 0.156 e. The normalized spacial score (nSPS) is 10.8. The van der Waals surface area contributed by atoms with E-state index in [-0.39, 0.29) is 21.1 Å². The van der Waals surface area contributed by atoms with E-state index in [9.17, 15) is 0 Å². The van der Waals surface area contributed by atoms with Crippen LogP contribution in [0.4, 0.5) is 0 Å². The van der Waals surface area contributed by atoms with Crippen LogP contribution < -0.4 is 54.3 Å². The molecule has 0 radical (unpaired) electrons. The van der Waals surface area contributed by atoms with Crippen LogP contribution in [0.25, 0.3) is 0 Å². The molecule has 0 bridgehead atoms. The van der Waals surface area contributed by atoms with E-state index in [1.54, 1.807) is 0 Å². The minimum absolute atomic E-state index is 0. The van der Waals surface area contributed by atoms with Crippen molar-refractivity contribution in [3.63, 3.8) is 0 Å². The molecule has 0 aliphatic rings. The Balaban J connectivity index is 0.000000194. The largest absolute Gasteiger partial charge is 0.665 e. The van der Waals surface area contributed by atoms with E-state index in [0.29, 0.717) is 69.0 Å². The fraction of sp³-hybridized carbons (Fsp3) is 0. The van der Waals surface area contributed by atoms with Crippen molar-refractivity contribution in [2.24, 2.45) is 0 Å². The summed E-state index contributed by atoms with van der Waals surface area (Å²) in [5.41, 5.74) is -16.3. The van der Waals surface area contributed by atoms with E-state index < -0.39 is 34.2 Å². The first kappa shape index (κ1) is 86.8. The first-order valence-electron chi connectivity index (χ1n) is 29.8. The van der Waals surface area contributed by atoms with Gasteiger partial charge in [-0.25, -0.2) is 0 Å². The fourth-order valence-corrected chi connectivity index (χ4v) is 18.4. The monoisotopic (exact) mass is 1780 g/mol. The molecule has 0 amide bonds. The fourth-order valence-electron chi connectivity index (χ4n) is 7.44. The third-order valence-electron chi connectivity index (χ3n) is 11.5. The van der Waals surface area contributed by atoms with E-state index >= 15 is 0 Å². The molecular formula is C72H60MoO12P6S12-6. The zero-order valence-electron chi connectivity index (χ0n) is 53.5. The predicted octanol–water partition coefficient (Wildman–Crippen LogP) is 23.5. The second-order valence-corrected chi connectivity index (χ2v) is 48.6. The summed E-state index contributed by atoms with van der Waals surface area (Å²) in [6.07, 6.45) is 0. The Kier molecular flexibility index (Phi) is 39.0. The molecule has 12 aromatic rings. The molecule has 0 saturated carbocycles. The summed E-state index contributed by atoms with van der Waals surface area (Å²) in [4.78, 5) is 0. The van der Waals surface area contributed by atoms with Crippen molar-refractivity contribution in [3.8, 4) is 69.0 Å². The van der Waals surface area contributed by atoms with Crippen LogP contribution in [-0.2, 0) is 165 Å². The van der Waals surface area contributed by atoms with Gasteiger partial charge in [-0.3, -0.25) is 0 Å². The minimum Gasteiger partial charge on any atom is -0.665 e. The van der Waals surface area contributed by atoms with Crippen LogP contribution in [0.1, 0.15) is 0 Å². The van der Waals surface area contributed by atoms with Crippen molar-refractivity contribution in [1.29, 1.82) is 0 Å². The van der Waals surface area contributed by atoms with Crippen LogP contribution in [0.5, 0.6) is 69.0 Å². The van der Waals surface area contributed by atoms with Gasteiger partial charge in [0.2, 0.25) is 0 Å². The van der Waals surface area contributed by atoms with Gasteiger partial charge in [0.1, 0.15) is 69.0 Å². The topological polar surface area (TPSA) is 111 Å². The first-order valence-corrected chi connectivity index (χ1v) is 51.7. The van der Waals surface area contributed by atoms with E-state index in [0.717, 1.165) is 0 Å². The van der Waals surface area contributed by atoms with Crippen LogP contribution in [-0.4, -0.2) is 0 Å². The Morgan fingerprint density at radius 1 is 0.136 bits per heavy atom. The van der Waals surface area contributed by atoms with Crippen molar-refractivity contribution in [3.05, 3.63) is 364 Å². The van der Waals surface area contributed by atoms with Gasteiger partial charge in [-0.05, 0) is 216 Å². The van der Waals surface area contributed by atoms with Crippen molar-refractivity contribution >= 4 is 178 Å². The standard InChI is InChI=1S/6C12H11O2PS2.Mo/c6*16-15(17,13-11-7-3-1-4-8-11)14-12-9-5-2-6-10-12;/h6*1-10H,(H,16,17);/p-6. The summed E-state index contributed by atoms with van der Waals surface area (Å²) in [6, 6.07) is 111. The Labute approximate surface area is 679 Å². The molecule has 0 fully saturated rings. The summed E-state index contributed by atoms with van der Waals surface area (Å²) >= 11 is 62.3. The summed E-state index contributed by atoms with van der Waals surface area (Å²) in [5, 5.41) is 0. The van der Waals surface area contributed by atoms with Gasteiger partial charge in [-0.2, -0.15) is 0 Å². The predicted molar refractivity (Wildman–Crippen MR) is 455 cm³/mol. The molecule has 0 unspecified atom stereocenters. The number of hydrogen-bond acceptors (Lipinski definition) is 24. The van der Waals surface area contributed by atoms with Gasteiger partial charge in [0.15, 0.2) is 34.2 Å². The van der Waals surface area contributed by atoms with Crippen molar-refractivity contribution in [1.82, 2.24) is 0 Å². The molecule has 534 valence electrons. The molecule has 0 spiro atoms. The Morgan fingerprint density at radius 3 is 0.252 bits per heavy atom. The molecule has 31 heteroatoms. The van der Waals surface area contributed by atoms with Crippen LogP contribution in [0.15, 0.2) is 364 Å². The Hall–Kier alpha value is -5.07. The molecule has 0 aliphatic heterocycles. The minimum atomic E-state index is -2.72. The van der Waals surface area contributed by atoms with Crippen LogP contribution in [0.2, 0.25) is 0 Å². The van der Waals surface area contributed by atoms with Crippen LogP contribution in [0.3, 0.4) is 0 Å². The molecule has 0 atom stereocenters. The number of benzene rings is 12. The van der Waals surface area contributed by atoms with E-state index in [1.807, 2.05) is 364 Å². The summed E-state index contributed by atoms with van der Waals surface area (Å²) in [6.45, 7) is 0. The number of para-hydroxylation sites is 12. The second kappa shape index (κ2) is 46.2. The van der Waals surface area contributed by atoms with Gasteiger partial charge < -0.3 is 128 Å². The molecule has 12 aromatic carbocycles. The molecule has 12 rings (SSSR count). The molecular weight excluding hydrogens is 1720 g/mol. The second-order valence-electron chi connectivity index (χ2n) is 19.5. The van der Waals surface area contributed by atoms with E-state index in [1.165, 1.54) is 0 Å². The molecule has 0 N–H and O–H groups in total. The van der Waals surface area contributed by atoms with E-state index in [2.05, 4.69) is 0 Å². The number of hydrogen-bond donors (Lipinski definition) is 0. The molecule has 0 saturated heterocycles. The zero-order chi connectivity index (χ0) is 72.8. The molecule has 12 nitrogen and oxygen atoms in total. The van der Waals surface area contributed by atoms with Crippen LogP contribution in [0, 0.1) is 0 Å². The van der Waals surface area contributed by atoms with Gasteiger partial charge in [0.25, 0.3) is 0 Å². The van der Waals surface area contributed by atoms with Gasteiger partial charge >= 0.3 is 0 Å². The third kappa shape index (κ3) is 38.3. The molecule has 0 aromatic heterocycles. The van der Waals surface area contributed by atoms with Crippen LogP contribution >= 0.6 is 34.2 Å². The van der Waals surface area contributed by atoms with E-state index in [4.69, 9.17) is 199 Å². The summed E-state index contributed by atoms with van der Waals surface area (Å²) in [7, 11) is 0. The average molecular weight is 1780 g/mol. The number of rotatable bonds is 24. The van der Waals surface area contributed by atoms with Crippen molar-refractivity contribution < 1.29 is 75.4 Å². The SMILES string of the molecule is S=P([S-])(Oc1ccccc1)Oc1ccccc1.S=P([S-])(Oc1ccccc1)Oc1ccccc1.S=P([S-])(Oc1ccccc1)Oc1ccccc1.S=P([S-])(Oc1ccccc1)Oc1ccccc1.S=P([S-])(Oc1ccccc1)Oc1ccccc1.S=P([S-])(Oc1ccccc1)Oc1ccccc1.[Mo]. The third-order valence-corrected chi connectivity index (χ3v) is 22.1. The summed E-state index contributed by atoms with van der Waals surface area (Å²) < 4.78 is 66.3. The zero-order valence-corrected chi connectivity index (χ0v) is 70.7. The van der Waals surface area contributed by atoms with Gasteiger partial charge in [-0.1, -0.05) is 218 Å². The van der Waals surface area contributed by atoms with Gasteiger partial charge in [-0.15, -0.1) is 0 Å². The van der Waals surface area contributed by atoms with Crippen molar-refractivity contribution in [2.75, 3.05) is 0 Å². The van der Waals surface area contributed by atoms with Gasteiger partial charge in [0.05, 0.1) is 0 Å². The molecule has 0 aliphatic carbocycles. The Morgan fingerprint density at radius 2 is 0.194 bits per heavy atom. The Bertz CT molecular complexity index is 3600. The first-order chi connectivity index (χ1) is 48.9. The maximum Gasteiger partial charge on any atom is 0.156 e. The molecule has 0 heterocycles. The average Bonchev–Trinajstić information content (AvgIpc) is 0.933. The quantitative estimate of drug-likeness (QED) is 0.0325. The maximum atomic E-state index is 5.52. The summed E-state index contributed by atoms with van der Waals surface area (Å²) in [5.74, 6) is 7.69. The van der Waals surface area contributed by atoms with Crippen molar-refractivity contribution in [2.45, 2.75) is 0 Å². The maximum absolute atomic E-state index is 5.52. The van der Waals surface area contributed by atoms with Gasteiger partial charge in [0, 0.05) is 21.1 Å². The molecule has 103 heavy (non-hydrogen) atoms.